The minimum absolute atomic E-state index is 0.0422. The molecule has 1 aromatic carbocycles. The molecule has 1 amide bonds. The van der Waals surface area contributed by atoms with E-state index in [0.29, 0.717) is 6.07 Å². The average molecular weight is 336 g/mol. The van der Waals surface area contributed by atoms with Crippen LogP contribution in [0.5, 0.6) is 0 Å². The smallest absolute Gasteiger partial charge is 0.335 e. The summed E-state index contributed by atoms with van der Waals surface area (Å²) in [5.74, 6) is -7.33. The maximum Gasteiger partial charge on any atom is 0.335 e. The zero-order chi connectivity index (χ0) is 17.4. The fourth-order valence-electron chi connectivity index (χ4n) is 1.94. The highest BCUT2D eigenvalue weighted by molar-refractivity contribution is 6.03. The molecule has 0 unspecified atom stereocenters. The van der Waals surface area contributed by atoms with E-state index < -0.39 is 34.9 Å². The van der Waals surface area contributed by atoms with Crippen LogP contribution in [-0.4, -0.2) is 31.6 Å². The average Bonchev–Trinajstić information content (AvgIpc) is 2.93. The number of fused-ring (bicyclic) bond motifs is 1. The Labute approximate surface area is 131 Å². The SMILES string of the molecule is O=C(O)c1ccn2nc(NC(=O)c3ccc(F)c(F)c3F)nc2c1. The van der Waals surface area contributed by atoms with Gasteiger partial charge in [-0.3, -0.25) is 10.1 Å². The number of anilines is 1. The van der Waals surface area contributed by atoms with Crippen LogP contribution >= 0.6 is 0 Å². The van der Waals surface area contributed by atoms with E-state index in [1.54, 1.807) is 0 Å². The van der Waals surface area contributed by atoms with E-state index in [4.69, 9.17) is 5.11 Å². The number of rotatable bonds is 3. The van der Waals surface area contributed by atoms with Gasteiger partial charge in [-0.1, -0.05) is 0 Å². The fourth-order valence-corrected chi connectivity index (χ4v) is 1.94. The Hall–Kier alpha value is -3.43. The predicted octanol–water partition coefficient (Wildman–Crippen LogP) is 2.10. The van der Waals surface area contributed by atoms with Gasteiger partial charge in [0.05, 0.1) is 11.1 Å². The van der Waals surface area contributed by atoms with Crippen LogP contribution in [0.4, 0.5) is 19.1 Å². The van der Waals surface area contributed by atoms with Crippen LogP contribution in [0.3, 0.4) is 0 Å². The number of hydrogen-bond donors (Lipinski definition) is 2. The second kappa shape index (κ2) is 5.65. The van der Waals surface area contributed by atoms with Crippen molar-refractivity contribution >= 4 is 23.5 Å². The molecule has 7 nitrogen and oxygen atoms in total. The number of nitrogens with zero attached hydrogens (tertiary/aromatic N) is 3. The number of halogens is 3. The first-order valence-electron chi connectivity index (χ1n) is 6.41. The molecule has 0 saturated heterocycles. The normalized spacial score (nSPS) is 10.8. The minimum Gasteiger partial charge on any atom is -0.478 e. The highest BCUT2D eigenvalue weighted by Crippen LogP contribution is 2.16. The van der Waals surface area contributed by atoms with Crippen molar-refractivity contribution in [3.05, 3.63) is 59.0 Å². The third kappa shape index (κ3) is 2.64. The maximum atomic E-state index is 13.6. The van der Waals surface area contributed by atoms with Crippen molar-refractivity contribution < 1.29 is 27.9 Å². The highest BCUT2D eigenvalue weighted by Gasteiger charge is 2.20. The van der Waals surface area contributed by atoms with Crippen LogP contribution < -0.4 is 5.32 Å². The van der Waals surface area contributed by atoms with Crippen LogP contribution in [-0.2, 0) is 0 Å². The molecule has 0 aliphatic carbocycles. The summed E-state index contributed by atoms with van der Waals surface area (Å²) in [6.45, 7) is 0. The Kier molecular flexibility index (Phi) is 3.64. The summed E-state index contributed by atoms with van der Waals surface area (Å²) < 4.78 is 40.8. The molecule has 0 bridgehead atoms. The number of pyridine rings is 1. The first-order valence-corrected chi connectivity index (χ1v) is 6.41. The summed E-state index contributed by atoms with van der Waals surface area (Å²) in [4.78, 5) is 26.7. The number of hydrogen-bond acceptors (Lipinski definition) is 4. The number of carboxylic acid groups (broad SMARTS) is 1. The molecular formula is C14H7F3N4O3. The van der Waals surface area contributed by atoms with E-state index in [0.717, 1.165) is 6.07 Å². The number of carbonyl (C=O) groups is 2. The van der Waals surface area contributed by atoms with E-state index in [2.05, 4.69) is 15.4 Å². The molecule has 0 spiro atoms. The van der Waals surface area contributed by atoms with Crippen molar-refractivity contribution in [2.75, 3.05) is 5.32 Å². The van der Waals surface area contributed by atoms with Crippen molar-refractivity contribution in [1.82, 2.24) is 14.6 Å². The van der Waals surface area contributed by atoms with Gasteiger partial charge in [-0.15, -0.1) is 5.10 Å². The van der Waals surface area contributed by atoms with E-state index in [-0.39, 0.29) is 17.2 Å². The van der Waals surface area contributed by atoms with Crippen LogP contribution in [0.15, 0.2) is 30.5 Å². The van der Waals surface area contributed by atoms with Gasteiger partial charge in [0.1, 0.15) is 0 Å². The molecule has 0 atom stereocenters. The standard InChI is InChI=1S/C14H7F3N4O3/c15-8-2-1-7(10(16)11(8)17)12(22)19-14-18-9-5-6(13(23)24)3-4-21(9)20-14/h1-5H,(H,23,24)(H,19,20,22). The molecular weight excluding hydrogens is 329 g/mol. The fraction of sp³-hybridized carbons (Fsp3) is 0. The van der Waals surface area contributed by atoms with Crippen molar-refractivity contribution in [3.8, 4) is 0 Å². The van der Waals surface area contributed by atoms with Gasteiger partial charge in [-0.2, -0.15) is 4.98 Å². The van der Waals surface area contributed by atoms with E-state index in [9.17, 15) is 22.8 Å². The van der Waals surface area contributed by atoms with E-state index in [1.807, 2.05) is 0 Å². The van der Waals surface area contributed by atoms with Gasteiger partial charge < -0.3 is 5.11 Å². The van der Waals surface area contributed by atoms with Gasteiger partial charge in [-0.05, 0) is 24.3 Å². The van der Waals surface area contributed by atoms with E-state index in [1.165, 1.54) is 22.8 Å². The predicted molar refractivity (Wildman–Crippen MR) is 74.2 cm³/mol. The first-order chi connectivity index (χ1) is 11.4. The minimum atomic E-state index is -1.77. The second-order valence-electron chi connectivity index (χ2n) is 4.64. The molecule has 0 saturated carbocycles. The van der Waals surface area contributed by atoms with Crippen LogP contribution in [0, 0.1) is 17.5 Å². The molecule has 3 rings (SSSR count). The molecule has 10 heteroatoms. The maximum absolute atomic E-state index is 13.6. The van der Waals surface area contributed by atoms with Gasteiger partial charge in [0.25, 0.3) is 5.91 Å². The Bertz CT molecular complexity index is 987. The highest BCUT2D eigenvalue weighted by atomic mass is 19.2. The lowest BCUT2D eigenvalue weighted by Gasteiger charge is -2.03. The van der Waals surface area contributed by atoms with Gasteiger partial charge in [0, 0.05) is 6.20 Å². The number of carbonyl (C=O) groups excluding carboxylic acids is 1. The van der Waals surface area contributed by atoms with Gasteiger partial charge in [-0.25, -0.2) is 22.5 Å². The third-order valence-corrected chi connectivity index (χ3v) is 3.09. The summed E-state index contributed by atoms with van der Waals surface area (Å²) in [5, 5.41) is 14.9. The van der Waals surface area contributed by atoms with Gasteiger partial charge in [0.2, 0.25) is 5.95 Å². The molecule has 0 aliphatic rings. The summed E-state index contributed by atoms with van der Waals surface area (Å²) in [6.07, 6.45) is 1.31. The lowest BCUT2D eigenvalue weighted by Crippen LogP contribution is -2.16. The molecule has 0 radical (unpaired) electrons. The number of carboxylic acids is 1. The molecule has 0 aliphatic heterocycles. The Morgan fingerprint density at radius 3 is 2.58 bits per heavy atom. The Morgan fingerprint density at radius 1 is 1.12 bits per heavy atom. The third-order valence-electron chi connectivity index (χ3n) is 3.09. The van der Waals surface area contributed by atoms with Gasteiger partial charge in [0.15, 0.2) is 23.1 Å². The van der Waals surface area contributed by atoms with Crippen molar-refractivity contribution in [2.24, 2.45) is 0 Å². The molecule has 0 fully saturated rings. The lowest BCUT2D eigenvalue weighted by molar-refractivity contribution is 0.0696. The van der Waals surface area contributed by atoms with Gasteiger partial charge >= 0.3 is 5.97 Å². The summed E-state index contributed by atoms with van der Waals surface area (Å²) in [5.41, 5.74) is -0.644. The number of aromatic nitrogens is 3. The number of aromatic carboxylic acids is 1. The lowest BCUT2D eigenvalue weighted by atomic mass is 10.2. The second-order valence-corrected chi connectivity index (χ2v) is 4.64. The molecule has 3 aromatic rings. The largest absolute Gasteiger partial charge is 0.478 e. The van der Waals surface area contributed by atoms with Crippen molar-refractivity contribution in [3.63, 3.8) is 0 Å². The van der Waals surface area contributed by atoms with Crippen LogP contribution in [0.2, 0.25) is 0 Å². The zero-order valence-corrected chi connectivity index (χ0v) is 11.6. The van der Waals surface area contributed by atoms with Crippen LogP contribution in [0.1, 0.15) is 20.7 Å². The molecule has 24 heavy (non-hydrogen) atoms. The van der Waals surface area contributed by atoms with Crippen molar-refractivity contribution in [1.29, 1.82) is 0 Å². The number of nitrogens with one attached hydrogen (secondary N) is 1. The molecule has 2 heterocycles. The Balaban J connectivity index is 1.91. The monoisotopic (exact) mass is 336 g/mol. The first kappa shape index (κ1) is 15.5. The van der Waals surface area contributed by atoms with E-state index >= 15 is 0 Å². The summed E-state index contributed by atoms with van der Waals surface area (Å²) >= 11 is 0. The number of amides is 1. The van der Waals surface area contributed by atoms with Crippen LogP contribution in [0.25, 0.3) is 5.65 Å². The zero-order valence-electron chi connectivity index (χ0n) is 11.6. The summed E-state index contributed by atoms with van der Waals surface area (Å²) in [7, 11) is 0. The summed E-state index contributed by atoms with van der Waals surface area (Å²) in [6, 6.07) is 3.87. The molecule has 2 N–H and O–H groups in total. The number of benzene rings is 1. The quantitative estimate of drug-likeness (QED) is 0.714. The molecule has 2 aromatic heterocycles. The topological polar surface area (TPSA) is 96.6 Å². The molecule has 122 valence electrons. The van der Waals surface area contributed by atoms with Crippen molar-refractivity contribution in [2.45, 2.75) is 0 Å². The Morgan fingerprint density at radius 2 is 1.88 bits per heavy atom.